The summed E-state index contributed by atoms with van der Waals surface area (Å²) < 4.78 is 11.3. The average molecular weight is 389 g/mol. The van der Waals surface area contributed by atoms with Gasteiger partial charge in [0.15, 0.2) is 5.96 Å². The van der Waals surface area contributed by atoms with Gasteiger partial charge in [0.1, 0.15) is 17.6 Å². The van der Waals surface area contributed by atoms with Crippen molar-refractivity contribution >= 4 is 5.96 Å². The van der Waals surface area contributed by atoms with E-state index in [2.05, 4.69) is 29.0 Å². The van der Waals surface area contributed by atoms with E-state index < -0.39 is 0 Å². The van der Waals surface area contributed by atoms with Crippen molar-refractivity contribution in [2.75, 3.05) is 52.9 Å². The predicted molar refractivity (Wildman–Crippen MR) is 114 cm³/mol. The van der Waals surface area contributed by atoms with E-state index in [0.717, 1.165) is 43.0 Å². The van der Waals surface area contributed by atoms with E-state index in [4.69, 9.17) is 14.5 Å². The van der Waals surface area contributed by atoms with Crippen LogP contribution in [-0.2, 0) is 0 Å². The van der Waals surface area contributed by atoms with Gasteiger partial charge in [0, 0.05) is 32.2 Å². The summed E-state index contributed by atoms with van der Waals surface area (Å²) in [5.74, 6) is 3.40. The van der Waals surface area contributed by atoms with E-state index in [9.17, 15) is 0 Å². The molecule has 0 spiro atoms. The number of ether oxygens (including phenoxy) is 2. The van der Waals surface area contributed by atoms with Crippen LogP contribution in [0.3, 0.4) is 0 Å². The number of aliphatic imine (C=N–C) groups is 1. The van der Waals surface area contributed by atoms with Crippen LogP contribution in [0.4, 0.5) is 0 Å². The van der Waals surface area contributed by atoms with Gasteiger partial charge in [-0.15, -0.1) is 0 Å². The minimum atomic E-state index is 0.00348. The minimum absolute atomic E-state index is 0.00348. The van der Waals surface area contributed by atoms with E-state index in [1.165, 1.54) is 38.9 Å². The number of guanidine groups is 1. The lowest BCUT2D eigenvalue weighted by molar-refractivity contribution is 0.228. The molecule has 0 aliphatic carbocycles. The van der Waals surface area contributed by atoms with Crippen LogP contribution in [0.15, 0.2) is 29.3 Å². The van der Waals surface area contributed by atoms with Crippen molar-refractivity contribution < 1.29 is 9.47 Å². The maximum Gasteiger partial charge on any atom is 0.194 e. The lowest BCUT2D eigenvalue weighted by Gasteiger charge is -2.24. The quantitative estimate of drug-likeness (QED) is 0.548. The number of benzene rings is 1. The molecule has 2 aliphatic heterocycles. The summed E-state index contributed by atoms with van der Waals surface area (Å²) in [4.78, 5) is 9.91. The summed E-state index contributed by atoms with van der Waals surface area (Å²) in [6.07, 6.45) is 4.00. The normalized spacial score (nSPS) is 21.8. The topological polar surface area (TPSA) is 49.3 Å². The molecule has 6 heteroatoms. The predicted octanol–water partition coefficient (Wildman–Crippen LogP) is 2.85. The molecule has 2 heterocycles. The van der Waals surface area contributed by atoms with Gasteiger partial charge in [-0.1, -0.05) is 6.07 Å². The molecule has 0 saturated carbocycles. The lowest BCUT2D eigenvalue weighted by Crippen LogP contribution is -2.41. The van der Waals surface area contributed by atoms with Crippen LogP contribution in [0, 0.1) is 5.92 Å². The highest BCUT2D eigenvalue weighted by Crippen LogP contribution is 2.21. The van der Waals surface area contributed by atoms with E-state index in [-0.39, 0.29) is 6.10 Å². The number of nitrogens with one attached hydrogen (secondary N) is 1. The van der Waals surface area contributed by atoms with Crippen LogP contribution >= 0.6 is 0 Å². The van der Waals surface area contributed by atoms with Gasteiger partial charge in [0.05, 0.1) is 13.7 Å². The van der Waals surface area contributed by atoms with E-state index in [1.807, 2.05) is 24.3 Å². The molecule has 0 radical (unpaired) electrons. The van der Waals surface area contributed by atoms with Crippen LogP contribution in [0.1, 0.15) is 33.1 Å². The molecular formula is C22H36N4O2. The summed E-state index contributed by atoms with van der Waals surface area (Å²) in [6.45, 7) is 11.7. The molecule has 2 fully saturated rings. The SMILES string of the molecule is CCNC(=NCC(C)Oc1cccc(OC)c1)N1CCC(CN2CCCC2)C1. The van der Waals surface area contributed by atoms with Gasteiger partial charge in [0.25, 0.3) is 0 Å². The molecule has 0 aromatic heterocycles. The molecule has 1 aromatic rings. The zero-order valence-electron chi connectivity index (χ0n) is 17.7. The summed E-state index contributed by atoms with van der Waals surface area (Å²) in [5.41, 5.74) is 0. The molecule has 2 aliphatic rings. The van der Waals surface area contributed by atoms with Gasteiger partial charge >= 0.3 is 0 Å². The molecule has 1 N–H and O–H groups in total. The number of hydrogen-bond acceptors (Lipinski definition) is 4. The summed E-state index contributed by atoms with van der Waals surface area (Å²) >= 11 is 0. The second-order valence-corrected chi connectivity index (χ2v) is 7.91. The van der Waals surface area contributed by atoms with Gasteiger partial charge in [-0.05, 0) is 64.3 Å². The highest BCUT2D eigenvalue weighted by Gasteiger charge is 2.27. The Morgan fingerprint density at radius 2 is 2.04 bits per heavy atom. The van der Waals surface area contributed by atoms with Crippen LogP contribution < -0.4 is 14.8 Å². The lowest BCUT2D eigenvalue weighted by atomic mass is 10.1. The Labute approximate surface area is 169 Å². The number of methoxy groups -OCH3 is 1. The van der Waals surface area contributed by atoms with Crippen LogP contribution in [-0.4, -0.2) is 74.8 Å². The zero-order chi connectivity index (χ0) is 19.8. The first-order chi connectivity index (χ1) is 13.7. The molecular weight excluding hydrogens is 352 g/mol. The molecule has 28 heavy (non-hydrogen) atoms. The Morgan fingerprint density at radius 1 is 1.25 bits per heavy atom. The zero-order valence-corrected chi connectivity index (χ0v) is 17.7. The van der Waals surface area contributed by atoms with Gasteiger partial charge < -0.3 is 24.6 Å². The van der Waals surface area contributed by atoms with Gasteiger partial charge in [-0.25, -0.2) is 4.99 Å². The number of nitrogens with zero attached hydrogens (tertiary/aromatic N) is 3. The smallest absolute Gasteiger partial charge is 0.194 e. The fourth-order valence-electron chi connectivity index (χ4n) is 4.09. The van der Waals surface area contributed by atoms with Crippen molar-refractivity contribution in [1.29, 1.82) is 0 Å². The molecule has 2 saturated heterocycles. The number of rotatable bonds is 8. The van der Waals surface area contributed by atoms with Crippen molar-refractivity contribution in [2.45, 2.75) is 39.2 Å². The fourth-order valence-corrected chi connectivity index (χ4v) is 4.09. The Morgan fingerprint density at radius 3 is 2.79 bits per heavy atom. The van der Waals surface area contributed by atoms with Crippen molar-refractivity contribution in [2.24, 2.45) is 10.9 Å². The largest absolute Gasteiger partial charge is 0.497 e. The molecule has 2 unspecified atom stereocenters. The minimum Gasteiger partial charge on any atom is -0.497 e. The Kier molecular flexibility index (Phi) is 7.83. The van der Waals surface area contributed by atoms with Gasteiger partial charge in [-0.2, -0.15) is 0 Å². The Balaban J connectivity index is 1.51. The first-order valence-corrected chi connectivity index (χ1v) is 10.7. The Bertz CT molecular complexity index is 631. The summed E-state index contributed by atoms with van der Waals surface area (Å²) in [6, 6.07) is 7.73. The summed E-state index contributed by atoms with van der Waals surface area (Å²) in [7, 11) is 1.67. The molecule has 6 nitrogen and oxygen atoms in total. The van der Waals surface area contributed by atoms with Crippen LogP contribution in [0.2, 0.25) is 0 Å². The molecule has 3 rings (SSSR count). The van der Waals surface area contributed by atoms with Crippen molar-refractivity contribution in [3.63, 3.8) is 0 Å². The van der Waals surface area contributed by atoms with E-state index in [0.29, 0.717) is 6.54 Å². The van der Waals surface area contributed by atoms with Gasteiger partial charge in [0.2, 0.25) is 0 Å². The van der Waals surface area contributed by atoms with Crippen molar-refractivity contribution in [3.8, 4) is 11.5 Å². The third-order valence-electron chi connectivity index (χ3n) is 5.51. The average Bonchev–Trinajstić information content (AvgIpc) is 3.38. The van der Waals surface area contributed by atoms with Crippen molar-refractivity contribution in [1.82, 2.24) is 15.1 Å². The molecule has 156 valence electrons. The standard InChI is InChI=1S/C22H36N4O2/c1-4-23-22(26-13-10-19(17-26)16-25-11-5-6-12-25)24-15-18(2)28-21-9-7-8-20(14-21)27-3/h7-9,14,18-19H,4-6,10-13,15-17H2,1-3H3,(H,23,24). The second-order valence-electron chi connectivity index (χ2n) is 7.91. The van der Waals surface area contributed by atoms with Crippen LogP contribution in [0.5, 0.6) is 11.5 Å². The fraction of sp³-hybridized carbons (Fsp3) is 0.682. The molecule has 0 amide bonds. The molecule has 2 atom stereocenters. The maximum atomic E-state index is 6.02. The highest BCUT2D eigenvalue weighted by molar-refractivity contribution is 5.80. The van der Waals surface area contributed by atoms with Gasteiger partial charge in [-0.3, -0.25) is 0 Å². The van der Waals surface area contributed by atoms with E-state index in [1.54, 1.807) is 7.11 Å². The monoisotopic (exact) mass is 388 g/mol. The second kappa shape index (κ2) is 10.6. The first kappa shape index (κ1) is 20.8. The Hall–Kier alpha value is -1.95. The third kappa shape index (κ3) is 6.03. The number of hydrogen-bond donors (Lipinski definition) is 1. The molecule has 1 aromatic carbocycles. The third-order valence-corrected chi connectivity index (χ3v) is 5.51. The molecule has 0 bridgehead atoms. The van der Waals surface area contributed by atoms with Crippen LogP contribution in [0.25, 0.3) is 0 Å². The maximum absolute atomic E-state index is 6.02. The van der Waals surface area contributed by atoms with E-state index >= 15 is 0 Å². The highest BCUT2D eigenvalue weighted by atomic mass is 16.5. The number of likely N-dealkylation sites (tertiary alicyclic amines) is 2. The van der Waals surface area contributed by atoms with Crippen molar-refractivity contribution in [3.05, 3.63) is 24.3 Å². The summed E-state index contributed by atoms with van der Waals surface area (Å²) in [5, 5.41) is 3.46. The first-order valence-electron chi connectivity index (χ1n) is 10.7.